The number of carbonyl (C=O) groups excluding carboxylic acids is 1. The van der Waals surface area contributed by atoms with Crippen molar-refractivity contribution in [3.05, 3.63) is 0 Å². The molecule has 1 amide bonds. The maximum absolute atomic E-state index is 12.0. The first kappa shape index (κ1) is 9.97. The van der Waals surface area contributed by atoms with Crippen molar-refractivity contribution in [3.8, 4) is 0 Å². The summed E-state index contributed by atoms with van der Waals surface area (Å²) in [7, 11) is 0. The molecule has 0 aromatic carbocycles. The fourth-order valence-corrected chi connectivity index (χ4v) is 1.74. The zero-order chi connectivity index (χ0) is 10.3. The van der Waals surface area contributed by atoms with Gasteiger partial charge < -0.3 is 10.6 Å². The van der Waals surface area contributed by atoms with E-state index in [4.69, 9.17) is 5.73 Å². The molecule has 80 valence electrons. The molecule has 0 bridgehead atoms. The molecule has 0 aromatic heterocycles. The molecule has 0 atom stereocenters. The number of nitrogens with two attached hydrogens (primary N) is 1. The monoisotopic (exact) mass is 196 g/mol. The number of nitrogens with zero attached hydrogens (tertiary/aromatic N) is 1. The van der Waals surface area contributed by atoms with Gasteiger partial charge in [-0.05, 0) is 45.4 Å². The minimum Gasteiger partial charge on any atom is -0.338 e. The first-order valence-corrected chi connectivity index (χ1v) is 5.63. The summed E-state index contributed by atoms with van der Waals surface area (Å²) in [6.07, 6.45) is 4.32. The summed E-state index contributed by atoms with van der Waals surface area (Å²) in [5.41, 5.74) is 5.45. The summed E-state index contributed by atoms with van der Waals surface area (Å²) in [5, 5.41) is 0. The Morgan fingerprint density at radius 2 is 2.07 bits per heavy atom. The molecule has 2 saturated carbocycles. The van der Waals surface area contributed by atoms with Gasteiger partial charge in [-0.3, -0.25) is 4.79 Å². The van der Waals surface area contributed by atoms with E-state index in [1.54, 1.807) is 0 Å². The van der Waals surface area contributed by atoms with E-state index in [2.05, 4.69) is 13.8 Å². The minimum atomic E-state index is -0.487. The summed E-state index contributed by atoms with van der Waals surface area (Å²) >= 11 is 0. The van der Waals surface area contributed by atoms with E-state index < -0.39 is 5.54 Å². The highest BCUT2D eigenvalue weighted by atomic mass is 16.2. The lowest BCUT2D eigenvalue weighted by molar-refractivity contribution is -0.135. The molecule has 3 heteroatoms. The highest BCUT2D eigenvalue weighted by Gasteiger charge is 2.49. The Morgan fingerprint density at radius 3 is 2.43 bits per heavy atom. The van der Waals surface area contributed by atoms with Crippen molar-refractivity contribution in [1.29, 1.82) is 0 Å². The van der Waals surface area contributed by atoms with Crippen LogP contribution in [0.2, 0.25) is 0 Å². The molecule has 0 spiro atoms. The average Bonchev–Trinajstić information content (AvgIpc) is 2.96. The molecule has 2 rings (SSSR count). The molecule has 0 unspecified atom stereocenters. The highest BCUT2D eigenvalue weighted by Crippen LogP contribution is 2.37. The van der Waals surface area contributed by atoms with Crippen molar-refractivity contribution in [2.24, 2.45) is 11.7 Å². The Kier molecular flexibility index (Phi) is 2.30. The van der Waals surface area contributed by atoms with E-state index in [1.165, 1.54) is 12.8 Å². The SMILES string of the molecule is CC(C)N(CC1CC1)C(=O)C1(N)CC1. The number of hydrogen-bond acceptors (Lipinski definition) is 2. The Bertz CT molecular complexity index is 242. The van der Waals surface area contributed by atoms with Crippen LogP contribution < -0.4 is 5.73 Å². The van der Waals surface area contributed by atoms with E-state index in [-0.39, 0.29) is 5.91 Å². The third kappa shape index (κ3) is 1.92. The third-order valence-corrected chi connectivity index (χ3v) is 3.25. The van der Waals surface area contributed by atoms with Gasteiger partial charge in [0, 0.05) is 12.6 Å². The van der Waals surface area contributed by atoms with Gasteiger partial charge >= 0.3 is 0 Å². The standard InChI is InChI=1S/C11H20N2O/c1-8(2)13(7-9-3-4-9)10(14)11(12)5-6-11/h8-9H,3-7,12H2,1-2H3. The van der Waals surface area contributed by atoms with Gasteiger partial charge in [-0.1, -0.05) is 0 Å². The first-order valence-electron chi connectivity index (χ1n) is 5.63. The van der Waals surface area contributed by atoms with Gasteiger partial charge in [0.15, 0.2) is 0 Å². The fourth-order valence-electron chi connectivity index (χ4n) is 1.74. The smallest absolute Gasteiger partial charge is 0.242 e. The van der Waals surface area contributed by atoms with Crippen LogP contribution in [-0.4, -0.2) is 28.9 Å². The van der Waals surface area contributed by atoms with E-state index in [0.29, 0.717) is 6.04 Å². The van der Waals surface area contributed by atoms with Crippen LogP contribution in [0, 0.1) is 5.92 Å². The Morgan fingerprint density at radius 1 is 1.50 bits per heavy atom. The highest BCUT2D eigenvalue weighted by molar-refractivity contribution is 5.89. The maximum Gasteiger partial charge on any atom is 0.242 e. The van der Waals surface area contributed by atoms with E-state index in [0.717, 1.165) is 25.3 Å². The lowest BCUT2D eigenvalue weighted by Crippen LogP contribution is -2.49. The molecule has 3 nitrogen and oxygen atoms in total. The van der Waals surface area contributed by atoms with Crippen LogP contribution in [0.25, 0.3) is 0 Å². The van der Waals surface area contributed by atoms with Crippen molar-refractivity contribution >= 4 is 5.91 Å². The van der Waals surface area contributed by atoms with Crippen molar-refractivity contribution in [2.45, 2.75) is 51.1 Å². The molecule has 14 heavy (non-hydrogen) atoms. The Hall–Kier alpha value is -0.570. The lowest BCUT2D eigenvalue weighted by Gasteiger charge is -2.29. The Balaban J connectivity index is 1.97. The molecule has 2 fully saturated rings. The van der Waals surface area contributed by atoms with Gasteiger partial charge in [0.1, 0.15) is 0 Å². The van der Waals surface area contributed by atoms with Crippen molar-refractivity contribution in [3.63, 3.8) is 0 Å². The summed E-state index contributed by atoms with van der Waals surface area (Å²) in [6.45, 7) is 5.08. The molecule has 0 radical (unpaired) electrons. The third-order valence-electron chi connectivity index (χ3n) is 3.25. The van der Waals surface area contributed by atoms with Gasteiger partial charge in [-0.25, -0.2) is 0 Å². The zero-order valence-electron chi connectivity index (χ0n) is 9.12. The van der Waals surface area contributed by atoms with Crippen molar-refractivity contribution < 1.29 is 4.79 Å². The van der Waals surface area contributed by atoms with Gasteiger partial charge in [0.05, 0.1) is 5.54 Å². The van der Waals surface area contributed by atoms with Crippen LogP contribution in [0.5, 0.6) is 0 Å². The predicted octanol–water partition coefficient (Wildman–Crippen LogP) is 1.12. The molecule has 2 aliphatic rings. The molecule has 0 aromatic rings. The van der Waals surface area contributed by atoms with Gasteiger partial charge in [-0.2, -0.15) is 0 Å². The average molecular weight is 196 g/mol. The number of hydrogen-bond donors (Lipinski definition) is 1. The molecule has 0 aliphatic heterocycles. The van der Waals surface area contributed by atoms with Crippen LogP contribution in [0.1, 0.15) is 39.5 Å². The summed E-state index contributed by atoms with van der Waals surface area (Å²) in [4.78, 5) is 14.0. The minimum absolute atomic E-state index is 0.180. The normalized spacial score (nSPS) is 23.7. The van der Waals surface area contributed by atoms with Crippen LogP contribution in [-0.2, 0) is 4.79 Å². The lowest BCUT2D eigenvalue weighted by atomic mass is 10.2. The van der Waals surface area contributed by atoms with Crippen molar-refractivity contribution in [1.82, 2.24) is 4.90 Å². The van der Waals surface area contributed by atoms with E-state index in [1.807, 2.05) is 4.90 Å². The van der Waals surface area contributed by atoms with Gasteiger partial charge in [0.25, 0.3) is 0 Å². The second kappa shape index (κ2) is 3.23. The molecular formula is C11H20N2O. The fraction of sp³-hybridized carbons (Fsp3) is 0.909. The summed E-state index contributed by atoms with van der Waals surface area (Å²) in [6, 6.07) is 0.295. The second-order valence-corrected chi connectivity index (χ2v) is 5.15. The van der Waals surface area contributed by atoms with E-state index in [9.17, 15) is 4.79 Å². The summed E-state index contributed by atoms with van der Waals surface area (Å²) in [5.74, 6) is 0.933. The zero-order valence-corrected chi connectivity index (χ0v) is 9.12. The molecule has 2 aliphatic carbocycles. The predicted molar refractivity (Wildman–Crippen MR) is 55.7 cm³/mol. The molecular weight excluding hydrogens is 176 g/mol. The van der Waals surface area contributed by atoms with Crippen LogP contribution in [0.3, 0.4) is 0 Å². The Labute approximate surface area is 85.6 Å². The van der Waals surface area contributed by atoms with Crippen LogP contribution in [0.4, 0.5) is 0 Å². The quantitative estimate of drug-likeness (QED) is 0.732. The molecule has 2 N–H and O–H groups in total. The second-order valence-electron chi connectivity index (χ2n) is 5.15. The van der Waals surface area contributed by atoms with Crippen LogP contribution >= 0.6 is 0 Å². The van der Waals surface area contributed by atoms with Crippen LogP contribution in [0.15, 0.2) is 0 Å². The molecule has 0 saturated heterocycles. The van der Waals surface area contributed by atoms with E-state index >= 15 is 0 Å². The molecule has 0 heterocycles. The topological polar surface area (TPSA) is 46.3 Å². The van der Waals surface area contributed by atoms with Crippen molar-refractivity contribution in [2.75, 3.05) is 6.54 Å². The first-order chi connectivity index (χ1) is 6.53. The van der Waals surface area contributed by atoms with Gasteiger partial charge in [-0.15, -0.1) is 0 Å². The number of carbonyl (C=O) groups is 1. The largest absolute Gasteiger partial charge is 0.338 e. The number of rotatable bonds is 4. The number of amides is 1. The summed E-state index contributed by atoms with van der Waals surface area (Å²) < 4.78 is 0. The maximum atomic E-state index is 12.0. The van der Waals surface area contributed by atoms with Gasteiger partial charge in [0.2, 0.25) is 5.91 Å².